The number of nitrogens with zero attached hydrogens (tertiary/aromatic N) is 1. The third-order valence-electron chi connectivity index (χ3n) is 3.63. The van der Waals surface area contributed by atoms with Gasteiger partial charge in [0.1, 0.15) is 0 Å². The summed E-state index contributed by atoms with van der Waals surface area (Å²) >= 11 is 1.66. The topological polar surface area (TPSA) is 57.8 Å². The fourth-order valence-electron chi connectivity index (χ4n) is 2.30. The first-order valence-electron chi connectivity index (χ1n) is 8.06. The van der Waals surface area contributed by atoms with E-state index in [0.717, 1.165) is 21.9 Å². The van der Waals surface area contributed by atoms with Gasteiger partial charge in [-0.05, 0) is 35.7 Å². The maximum Gasteiger partial charge on any atom is 0.251 e. The highest BCUT2D eigenvalue weighted by molar-refractivity contribution is 7.98. The van der Waals surface area contributed by atoms with Gasteiger partial charge in [0.15, 0.2) is 5.16 Å². The summed E-state index contributed by atoms with van der Waals surface area (Å²) in [5, 5.41) is 3.84. The number of carbonyl (C=O) groups excluding carboxylic acids is 1. The SMILES string of the molecule is CC(C)CNC(=O)c1ccc(CSc2nc3ccccc3[nH]2)cc1. The van der Waals surface area contributed by atoms with E-state index in [1.54, 1.807) is 11.8 Å². The van der Waals surface area contributed by atoms with E-state index >= 15 is 0 Å². The summed E-state index contributed by atoms with van der Waals surface area (Å²) in [4.78, 5) is 19.9. The number of H-pyrrole nitrogens is 1. The number of para-hydroxylation sites is 2. The lowest BCUT2D eigenvalue weighted by Crippen LogP contribution is -2.27. The number of nitrogens with one attached hydrogen (secondary N) is 2. The fraction of sp³-hybridized carbons (Fsp3) is 0.263. The predicted octanol–water partition coefficient (Wildman–Crippen LogP) is 4.24. The number of thioether (sulfide) groups is 1. The number of carbonyl (C=O) groups is 1. The van der Waals surface area contributed by atoms with Crippen LogP contribution in [0.15, 0.2) is 53.7 Å². The first-order chi connectivity index (χ1) is 11.6. The predicted molar refractivity (Wildman–Crippen MR) is 99.3 cm³/mol. The Morgan fingerprint density at radius 3 is 2.62 bits per heavy atom. The van der Waals surface area contributed by atoms with Crippen molar-refractivity contribution in [1.82, 2.24) is 15.3 Å². The van der Waals surface area contributed by atoms with Crippen LogP contribution in [-0.2, 0) is 5.75 Å². The van der Waals surface area contributed by atoms with Gasteiger partial charge in [0.25, 0.3) is 5.91 Å². The van der Waals surface area contributed by atoms with Gasteiger partial charge < -0.3 is 10.3 Å². The van der Waals surface area contributed by atoms with Gasteiger partial charge in [-0.15, -0.1) is 0 Å². The molecular formula is C19H21N3OS. The Morgan fingerprint density at radius 1 is 1.17 bits per heavy atom. The molecule has 124 valence electrons. The van der Waals surface area contributed by atoms with Crippen LogP contribution in [-0.4, -0.2) is 22.4 Å². The average molecular weight is 339 g/mol. The molecule has 24 heavy (non-hydrogen) atoms. The molecule has 1 heterocycles. The van der Waals surface area contributed by atoms with Crippen LogP contribution in [0.4, 0.5) is 0 Å². The van der Waals surface area contributed by atoms with E-state index in [-0.39, 0.29) is 5.91 Å². The number of hydrogen-bond donors (Lipinski definition) is 2. The molecule has 1 amide bonds. The van der Waals surface area contributed by atoms with Crippen LogP contribution < -0.4 is 5.32 Å². The van der Waals surface area contributed by atoms with Crippen LogP contribution in [0, 0.1) is 5.92 Å². The summed E-state index contributed by atoms with van der Waals surface area (Å²) < 4.78 is 0. The molecule has 1 aromatic heterocycles. The molecule has 3 rings (SSSR count). The van der Waals surface area contributed by atoms with Crippen LogP contribution in [0.2, 0.25) is 0 Å². The quantitative estimate of drug-likeness (QED) is 0.660. The minimum Gasteiger partial charge on any atom is -0.352 e. The van der Waals surface area contributed by atoms with Gasteiger partial charge in [0, 0.05) is 17.9 Å². The molecule has 2 N–H and O–H groups in total. The summed E-state index contributed by atoms with van der Waals surface area (Å²) in [5.74, 6) is 1.25. The van der Waals surface area contributed by atoms with E-state index in [1.807, 2.05) is 48.5 Å². The minimum atomic E-state index is -0.0137. The molecule has 2 aromatic carbocycles. The third-order valence-corrected chi connectivity index (χ3v) is 4.57. The standard InChI is InChI=1S/C19H21N3OS/c1-13(2)11-20-18(23)15-9-7-14(8-10-15)12-24-19-21-16-5-3-4-6-17(16)22-19/h3-10,13H,11-12H2,1-2H3,(H,20,23)(H,21,22). The molecule has 0 aliphatic rings. The summed E-state index contributed by atoms with van der Waals surface area (Å²) in [7, 11) is 0. The summed E-state index contributed by atoms with van der Waals surface area (Å²) in [6, 6.07) is 15.8. The first kappa shape index (κ1) is 16.6. The molecule has 4 nitrogen and oxygen atoms in total. The molecule has 0 fully saturated rings. The van der Waals surface area contributed by atoms with Gasteiger partial charge >= 0.3 is 0 Å². The van der Waals surface area contributed by atoms with Crippen LogP contribution in [0.3, 0.4) is 0 Å². The summed E-state index contributed by atoms with van der Waals surface area (Å²) in [6.07, 6.45) is 0. The van der Waals surface area contributed by atoms with Crippen molar-refractivity contribution in [2.45, 2.75) is 24.8 Å². The lowest BCUT2D eigenvalue weighted by molar-refractivity contribution is 0.0949. The van der Waals surface area contributed by atoms with Crippen molar-refractivity contribution in [3.05, 3.63) is 59.7 Å². The van der Waals surface area contributed by atoms with Crippen molar-refractivity contribution in [3.8, 4) is 0 Å². The Balaban J connectivity index is 1.58. The highest BCUT2D eigenvalue weighted by Gasteiger charge is 2.07. The van der Waals surface area contributed by atoms with E-state index in [1.165, 1.54) is 5.56 Å². The van der Waals surface area contributed by atoms with Crippen LogP contribution >= 0.6 is 11.8 Å². The number of aromatic nitrogens is 2. The van der Waals surface area contributed by atoms with Crippen molar-refractivity contribution < 1.29 is 4.79 Å². The van der Waals surface area contributed by atoms with Gasteiger partial charge in [-0.2, -0.15) is 0 Å². The monoisotopic (exact) mass is 339 g/mol. The second-order valence-corrected chi connectivity index (χ2v) is 7.11. The van der Waals surface area contributed by atoms with Crippen molar-refractivity contribution >= 4 is 28.7 Å². The minimum absolute atomic E-state index is 0.0137. The van der Waals surface area contributed by atoms with Crippen molar-refractivity contribution in [2.24, 2.45) is 5.92 Å². The van der Waals surface area contributed by atoms with Crippen molar-refractivity contribution in [3.63, 3.8) is 0 Å². The Labute approximate surface area is 146 Å². The average Bonchev–Trinajstić information content (AvgIpc) is 3.01. The highest BCUT2D eigenvalue weighted by atomic mass is 32.2. The van der Waals surface area contributed by atoms with E-state index in [2.05, 4.69) is 29.1 Å². The number of aromatic amines is 1. The molecule has 0 spiro atoms. The molecule has 0 radical (unpaired) electrons. The lowest BCUT2D eigenvalue weighted by Gasteiger charge is -2.08. The third kappa shape index (κ3) is 4.17. The van der Waals surface area contributed by atoms with E-state index < -0.39 is 0 Å². The number of fused-ring (bicyclic) bond motifs is 1. The molecule has 3 aromatic rings. The zero-order valence-corrected chi connectivity index (χ0v) is 14.7. The second kappa shape index (κ2) is 7.53. The van der Waals surface area contributed by atoms with Crippen molar-refractivity contribution in [1.29, 1.82) is 0 Å². The molecule has 0 unspecified atom stereocenters. The van der Waals surface area contributed by atoms with Gasteiger partial charge in [0.2, 0.25) is 0 Å². The summed E-state index contributed by atoms with van der Waals surface area (Å²) in [5.41, 5.74) is 3.91. The number of imidazole rings is 1. The molecular weight excluding hydrogens is 318 g/mol. The number of rotatable bonds is 6. The Morgan fingerprint density at radius 2 is 1.92 bits per heavy atom. The maximum atomic E-state index is 12.0. The summed E-state index contributed by atoms with van der Waals surface area (Å²) in [6.45, 7) is 4.86. The zero-order chi connectivity index (χ0) is 16.9. The Hall–Kier alpha value is -2.27. The molecule has 0 saturated carbocycles. The number of amides is 1. The van der Waals surface area contributed by atoms with Crippen LogP contribution in [0.5, 0.6) is 0 Å². The fourth-order valence-corrected chi connectivity index (χ4v) is 3.14. The van der Waals surface area contributed by atoms with Crippen LogP contribution in [0.25, 0.3) is 11.0 Å². The normalized spacial score (nSPS) is 11.1. The van der Waals surface area contributed by atoms with E-state index in [0.29, 0.717) is 18.0 Å². The highest BCUT2D eigenvalue weighted by Crippen LogP contribution is 2.23. The van der Waals surface area contributed by atoms with Crippen molar-refractivity contribution in [2.75, 3.05) is 6.54 Å². The number of hydrogen-bond acceptors (Lipinski definition) is 3. The van der Waals surface area contributed by atoms with E-state index in [9.17, 15) is 4.79 Å². The molecule has 5 heteroatoms. The Bertz CT molecular complexity index is 791. The van der Waals surface area contributed by atoms with Gasteiger partial charge in [-0.3, -0.25) is 4.79 Å². The molecule has 0 aliphatic carbocycles. The number of benzene rings is 2. The van der Waals surface area contributed by atoms with E-state index in [4.69, 9.17) is 0 Å². The zero-order valence-electron chi connectivity index (χ0n) is 13.9. The van der Waals surface area contributed by atoms with Gasteiger partial charge in [-0.25, -0.2) is 4.98 Å². The Kier molecular flexibility index (Phi) is 5.20. The maximum absolute atomic E-state index is 12.0. The van der Waals surface area contributed by atoms with Gasteiger partial charge in [0.05, 0.1) is 11.0 Å². The largest absolute Gasteiger partial charge is 0.352 e. The molecule has 0 saturated heterocycles. The smallest absolute Gasteiger partial charge is 0.251 e. The van der Waals surface area contributed by atoms with Crippen LogP contribution in [0.1, 0.15) is 29.8 Å². The van der Waals surface area contributed by atoms with Gasteiger partial charge in [-0.1, -0.05) is 49.9 Å². The molecule has 0 aliphatic heterocycles. The molecule has 0 bridgehead atoms. The molecule has 0 atom stereocenters. The second-order valence-electron chi connectivity index (χ2n) is 6.15. The lowest BCUT2D eigenvalue weighted by atomic mass is 10.1. The first-order valence-corrected chi connectivity index (χ1v) is 9.05.